The number of anilines is 3. The molecular formula is C14H17Br2N5. The average Bonchev–Trinajstić information content (AvgIpc) is 2.40. The van der Waals surface area contributed by atoms with E-state index in [1.165, 1.54) is 0 Å². The first-order valence-electron chi connectivity index (χ1n) is 6.38. The Hall–Kier alpha value is -1.18. The highest BCUT2D eigenvalue weighted by molar-refractivity contribution is 9.11. The van der Waals surface area contributed by atoms with E-state index in [0.29, 0.717) is 17.5 Å². The first-order valence-corrected chi connectivity index (χ1v) is 7.96. The topological polar surface area (TPSA) is 75.9 Å². The summed E-state index contributed by atoms with van der Waals surface area (Å²) in [5, 5.41) is 3.27. The van der Waals surface area contributed by atoms with Crippen molar-refractivity contribution in [3.8, 4) is 0 Å². The van der Waals surface area contributed by atoms with E-state index in [2.05, 4.69) is 73.3 Å². The van der Waals surface area contributed by atoms with Gasteiger partial charge >= 0.3 is 0 Å². The fraction of sp³-hybridized carbons (Fsp3) is 0.286. The summed E-state index contributed by atoms with van der Waals surface area (Å²) < 4.78 is 1.94. The molecular weight excluding hydrogens is 398 g/mol. The van der Waals surface area contributed by atoms with Crippen LogP contribution in [0.25, 0.3) is 0 Å². The molecule has 2 rings (SSSR count). The quantitative estimate of drug-likeness (QED) is 0.514. The molecule has 1 aromatic carbocycles. The summed E-state index contributed by atoms with van der Waals surface area (Å²) in [7, 11) is 0. The number of nitrogens with two attached hydrogens (primary N) is 1. The summed E-state index contributed by atoms with van der Waals surface area (Å²) in [6.07, 6.45) is 0. The largest absolute Gasteiger partial charge is 0.339 e. The molecule has 4 N–H and O–H groups in total. The molecule has 2 aromatic rings. The maximum absolute atomic E-state index is 5.49. The molecule has 112 valence electrons. The van der Waals surface area contributed by atoms with Crippen LogP contribution in [0, 0.1) is 0 Å². The lowest BCUT2D eigenvalue weighted by Crippen LogP contribution is -2.19. The number of nitrogen functional groups attached to an aromatic ring is 1. The molecule has 0 aliphatic rings. The number of hydrogen-bond donors (Lipinski definition) is 3. The third-order valence-electron chi connectivity index (χ3n) is 2.74. The van der Waals surface area contributed by atoms with Crippen molar-refractivity contribution < 1.29 is 0 Å². The molecule has 0 spiro atoms. The van der Waals surface area contributed by atoms with Crippen molar-refractivity contribution in [1.82, 2.24) is 9.97 Å². The second kappa shape index (κ2) is 6.29. The predicted molar refractivity (Wildman–Crippen MR) is 93.7 cm³/mol. The molecule has 0 unspecified atom stereocenters. The Morgan fingerprint density at radius 1 is 1.05 bits per heavy atom. The van der Waals surface area contributed by atoms with Crippen LogP contribution in [0.2, 0.25) is 0 Å². The van der Waals surface area contributed by atoms with E-state index in [1.807, 2.05) is 18.2 Å². The molecule has 0 atom stereocenters. The molecule has 1 aromatic heterocycles. The molecule has 21 heavy (non-hydrogen) atoms. The maximum atomic E-state index is 5.49. The fourth-order valence-corrected chi connectivity index (χ4v) is 2.80. The molecule has 0 amide bonds. The van der Waals surface area contributed by atoms with Gasteiger partial charge in [0.25, 0.3) is 0 Å². The third-order valence-corrected chi connectivity index (χ3v) is 3.89. The van der Waals surface area contributed by atoms with Crippen molar-refractivity contribution in [2.45, 2.75) is 26.2 Å². The Morgan fingerprint density at radius 3 is 2.29 bits per heavy atom. The molecule has 0 saturated carbocycles. The van der Waals surface area contributed by atoms with Gasteiger partial charge in [0.05, 0.1) is 5.69 Å². The second-order valence-corrected chi connectivity index (χ2v) is 7.38. The van der Waals surface area contributed by atoms with Gasteiger partial charge in [0, 0.05) is 20.4 Å². The van der Waals surface area contributed by atoms with E-state index in [4.69, 9.17) is 5.84 Å². The minimum Gasteiger partial charge on any atom is -0.339 e. The molecule has 0 saturated heterocycles. The van der Waals surface area contributed by atoms with Crippen LogP contribution in [-0.4, -0.2) is 9.97 Å². The van der Waals surface area contributed by atoms with Gasteiger partial charge in [-0.15, -0.1) is 0 Å². The number of hydrazine groups is 1. The first-order chi connectivity index (χ1) is 9.79. The lowest BCUT2D eigenvalue weighted by Gasteiger charge is -2.19. The zero-order chi connectivity index (χ0) is 15.6. The molecule has 0 bridgehead atoms. The van der Waals surface area contributed by atoms with Gasteiger partial charge in [-0.3, -0.25) is 0 Å². The van der Waals surface area contributed by atoms with Crippen molar-refractivity contribution >= 4 is 49.2 Å². The summed E-state index contributed by atoms with van der Waals surface area (Å²) in [6.45, 7) is 6.17. The number of hydrogen-bond acceptors (Lipinski definition) is 5. The summed E-state index contributed by atoms with van der Waals surface area (Å²) in [5.74, 6) is 7.47. The van der Waals surface area contributed by atoms with Gasteiger partial charge in [0.1, 0.15) is 17.5 Å². The number of nitrogens with zero attached hydrogens (tertiary/aromatic N) is 2. The number of nitrogens with one attached hydrogen (secondary N) is 2. The van der Waals surface area contributed by atoms with Crippen LogP contribution in [0.4, 0.5) is 17.3 Å². The number of rotatable bonds is 3. The maximum Gasteiger partial charge on any atom is 0.145 e. The lowest BCUT2D eigenvalue weighted by molar-refractivity contribution is 0.547. The Bertz CT molecular complexity index is 652. The van der Waals surface area contributed by atoms with E-state index >= 15 is 0 Å². The van der Waals surface area contributed by atoms with Crippen molar-refractivity contribution in [3.63, 3.8) is 0 Å². The summed E-state index contributed by atoms with van der Waals surface area (Å²) in [6, 6.07) is 7.66. The zero-order valence-corrected chi connectivity index (χ0v) is 15.2. The van der Waals surface area contributed by atoms with E-state index in [-0.39, 0.29) is 5.41 Å². The van der Waals surface area contributed by atoms with Gasteiger partial charge in [-0.1, -0.05) is 36.7 Å². The number of halogens is 2. The van der Waals surface area contributed by atoms with Gasteiger partial charge in [-0.05, 0) is 34.1 Å². The SMILES string of the molecule is CC(C)(C)c1nc(NN)cc(Nc2ccc(Br)cc2Br)n1. The van der Waals surface area contributed by atoms with Crippen LogP contribution in [0.15, 0.2) is 33.2 Å². The summed E-state index contributed by atoms with van der Waals surface area (Å²) >= 11 is 6.95. The van der Waals surface area contributed by atoms with Gasteiger partial charge in [-0.25, -0.2) is 15.8 Å². The highest BCUT2D eigenvalue weighted by Crippen LogP contribution is 2.29. The van der Waals surface area contributed by atoms with Gasteiger partial charge in [0.15, 0.2) is 0 Å². The minimum atomic E-state index is -0.166. The van der Waals surface area contributed by atoms with Crippen LogP contribution in [0.5, 0.6) is 0 Å². The fourth-order valence-electron chi connectivity index (χ4n) is 1.65. The Labute approximate surface area is 141 Å². The summed E-state index contributed by atoms with van der Waals surface area (Å²) in [4.78, 5) is 8.96. The normalized spacial score (nSPS) is 11.3. The molecule has 1 heterocycles. The molecule has 0 aliphatic carbocycles. The zero-order valence-electron chi connectivity index (χ0n) is 12.0. The highest BCUT2D eigenvalue weighted by atomic mass is 79.9. The van der Waals surface area contributed by atoms with Gasteiger partial charge < -0.3 is 10.7 Å². The second-order valence-electron chi connectivity index (χ2n) is 5.61. The number of aromatic nitrogens is 2. The van der Waals surface area contributed by atoms with Crippen molar-refractivity contribution in [2.24, 2.45) is 5.84 Å². The minimum absolute atomic E-state index is 0.166. The Morgan fingerprint density at radius 2 is 1.71 bits per heavy atom. The predicted octanol–water partition coefficient (Wildman–Crippen LogP) is 4.33. The molecule has 0 aliphatic heterocycles. The van der Waals surface area contributed by atoms with Crippen molar-refractivity contribution in [2.75, 3.05) is 10.7 Å². The van der Waals surface area contributed by atoms with Gasteiger partial charge in [-0.2, -0.15) is 0 Å². The smallest absolute Gasteiger partial charge is 0.145 e. The van der Waals surface area contributed by atoms with E-state index in [0.717, 1.165) is 14.6 Å². The highest BCUT2D eigenvalue weighted by Gasteiger charge is 2.19. The van der Waals surface area contributed by atoms with E-state index in [9.17, 15) is 0 Å². The average molecular weight is 415 g/mol. The van der Waals surface area contributed by atoms with Crippen molar-refractivity contribution in [3.05, 3.63) is 39.0 Å². The number of benzene rings is 1. The van der Waals surface area contributed by atoms with Crippen LogP contribution in [0.3, 0.4) is 0 Å². The molecule has 0 fully saturated rings. The van der Waals surface area contributed by atoms with E-state index < -0.39 is 0 Å². The molecule has 7 heteroatoms. The monoisotopic (exact) mass is 413 g/mol. The van der Waals surface area contributed by atoms with Crippen LogP contribution in [0.1, 0.15) is 26.6 Å². The molecule has 5 nitrogen and oxygen atoms in total. The van der Waals surface area contributed by atoms with E-state index in [1.54, 1.807) is 6.07 Å². The third kappa shape index (κ3) is 4.15. The Kier molecular flexibility index (Phi) is 4.85. The first kappa shape index (κ1) is 16.2. The van der Waals surface area contributed by atoms with Crippen molar-refractivity contribution in [1.29, 1.82) is 0 Å². The molecule has 0 radical (unpaired) electrons. The standard InChI is InChI=1S/C14H17Br2N5/c1-14(2,3)13-19-11(7-12(20-13)21-17)18-10-5-4-8(15)6-9(10)16/h4-7H,17H2,1-3H3,(H2,18,19,20,21). The van der Waals surface area contributed by atoms with Crippen LogP contribution in [-0.2, 0) is 5.41 Å². The summed E-state index contributed by atoms with van der Waals surface area (Å²) in [5.41, 5.74) is 3.33. The Balaban J connectivity index is 2.39. The van der Waals surface area contributed by atoms with Crippen LogP contribution < -0.4 is 16.6 Å². The van der Waals surface area contributed by atoms with Gasteiger partial charge in [0.2, 0.25) is 0 Å². The lowest BCUT2D eigenvalue weighted by atomic mass is 9.96. The van der Waals surface area contributed by atoms with Crippen LogP contribution >= 0.6 is 31.9 Å².